The molecule has 0 aliphatic rings. The van der Waals surface area contributed by atoms with E-state index in [9.17, 15) is 4.39 Å². The number of aliphatic hydroxyl groups excluding tert-OH is 1. The zero-order valence-electron chi connectivity index (χ0n) is 11.4. The predicted molar refractivity (Wildman–Crippen MR) is 81.1 cm³/mol. The van der Waals surface area contributed by atoms with Gasteiger partial charge in [-0.05, 0) is 24.3 Å². The van der Waals surface area contributed by atoms with E-state index in [0.717, 1.165) is 22.6 Å². The van der Waals surface area contributed by atoms with Gasteiger partial charge in [0.1, 0.15) is 12.3 Å². The molecule has 5 heteroatoms. The van der Waals surface area contributed by atoms with E-state index in [1.54, 1.807) is 0 Å². The summed E-state index contributed by atoms with van der Waals surface area (Å²) in [6.07, 6.45) is 3.92. The van der Waals surface area contributed by atoms with Crippen LogP contribution >= 0.6 is 0 Å². The molecule has 0 bridgehead atoms. The minimum absolute atomic E-state index is 0.231. The Bertz CT molecular complexity index is 687. The summed E-state index contributed by atoms with van der Waals surface area (Å²) in [5.74, 6) is 0. The molecule has 0 fully saturated rings. The van der Waals surface area contributed by atoms with Crippen LogP contribution in [0.25, 0.3) is 16.9 Å². The number of benzene rings is 1. The number of nitrogens with zero attached hydrogens (tertiary/aromatic N) is 2. The largest absolute Gasteiger partial charge is 0.394 e. The van der Waals surface area contributed by atoms with Crippen LogP contribution in [0.1, 0.15) is 0 Å². The first-order valence-electron chi connectivity index (χ1n) is 6.77. The molecule has 0 aliphatic heterocycles. The summed E-state index contributed by atoms with van der Waals surface area (Å²) in [7, 11) is 0. The Balaban J connectivity index is 1.83. The van der Waals surface area contributed by atoms with Gasteiger partial charge in [0.2, 0.25) is 0 Å². The third kappa shape index (κ3) is 2.87. The Morgan fingerprint density at radius 2 is 2.00 bits per heavy atom. The van der Waals surface area contributed by atoms with Crippen LogP contribution in [0.3, 0.4) is 0 Å². The van der Waals surface area contributed by atoms with Gasteiger partial charge in [-0.25, -0.2) is 9.37 Å². The number of anilines is 1. The quantitative estimate of drug-likeness (QED) is 0.758. The molecule has 1 atom stereocenters. The van der Waals surface area contributed by atoms with E-state index in [-0.39, 0.29) is 6.61 Å². The second-order valence-electron chi connectivity index (χ2n) is 4.85. The number of rotatable bonds is 5. The third-order valence-corrected chi connectivity index (χ3v) is 3.32. The van der Waals surface area contributed by atoms with Crippen molar-refractivity contribution in [3.8, 4) is 11.3 Å². The molecule has 108 valence electrons. The molecule has 0 radical (unpaired) electrons. The van der Waals surface area contributed by atoms with Gasteiger partial charge in [-0.15, -0.1) is 0 Å². The predicted octanol–water partition coefficient (Wildman–Crippen LogP) is 2.74. The first-order valence-corrected chi connectivity index (χ1v) is 6.77. The van der Waals surface area contributed by atoms with Crippen molar-refractivity contribution in [1.82, 2.24) is 9.38 Å². The van der Waals surface area contributed by atoms with E-state index < -0.39 is 12.7 Å². The molecule has 1 aromatic carbocycles. The van der Waals surface area contributed by atoms with Gasteiger partial charge in [0.25, 0.3) is 0 Å². The average Bonchev–Trinajstić information content (AvgIpc) is 2.97. The van der Waals surface area contributed by atoms with Crippen LogP contribution in [0.4, 0.5) is 10.1 Å². The number of aliphatic hydroxyl groups is 1. The molecule has 0 saturated carbocycles. The lowest BCUT2D eigenvalue weighted by Gasteiger charge is -2.13. The molecule has 3 aromatic rings. The van der Waals surface area contributed by atoms with Crippen LogP contribution in [0.5, 0.6) is 0 Å². The number of nitrogens with one attached hydrogen (secondary N) is 1. The fourth-order valence-electron chi connectivity index (χ4n) is 2.18. The van der Waals surface area contributed by atoms with Gasteiger partial charge in [0.15, 0.2) is 0 Å². The van der Waals surface area contributed by atoms with Gasteiger partial charge in [-0.2, -0.15) is 0 Å². The number of pyridine rings is 1. The topological polar surface area (TPSA) is 49.6 Å². The molecular formula is C16H16FN3O. The van der Waals surface area contributed by atoms with Crippen molar-refractivity contribution < 1.29 is 9.50 Å². The number of imidazole rings is 1. The van der Waals surface area contributed by atoms with E-state index >= 15 is 0 Å². The number of hydrogen-bond acceptors (Lipinski definition) is 3. The smallest absolute Gasteiger partial charge is 0.137 e. The second-order valence-corrected chi connectivity index (χ2v) is 4.85. The Kier molecular flexibility index (Phi) is 3.83. The van der Waals surface area contributed by atoms with Crippen molar-refractivity contribution in [2.24, 2.45) is 0 Å². The molecule has 4 nitrogen and oxygen atoms in total. The van der Waals surface area contributed by atoms with Crippen molar-refractivity contribution in [1.29, 1.82) is 0 Å². The van der Waals surface area contributed by atoms with Gasteiger partial charge in [0, 0.05) is 23.6 Å². The van der Waals surface area contributed by atoms with Crippen LogP contribution in [-0.4, -0.2) is 33.8 Å². The first-order chi connectivity index (χ1) is 10.3. The highest BCUT2D eigenvalue weighted by molar-refractivity contribution is 5.65. The number of fused-ring (bicyclic) bond motifs is 1. The summed E-state index contributed by atoms with van der Waals surface area (Å²) in [6.45, 7) is -0.838. The van der Waals surface area contributed by atoms with E-state index in [1.807, 2.05) is 59.3 Å². The van der Waals surface area contributed by atoms with Gasteiger partial charge in [-0.1, -0.05) is 18.2 Å². The maximum absolute atomic E-state index is 12.6. The molecule has 2 aromatic heterocycles. The Hall–Kier alpha value is -2.40. The Morgan fingerprint density at radius 3 is 2.67 bits per heavy atom. The molecule has 21 heavy (non-hydrogen) atoms. The highest BCUT2D eigenvalue weighted by Crippen LogP contribution is 2.21. The van der Waals surface area contributed by atoms with Crippen molar-refractivity contribution in [3.63, 3.8) is 0 Å². The molecule has 1 unspecified atom stereocenters. The van der Waals surface area contributed by atoms with Crippen molar-refractivity contribution >= 4 is 11.3 Å². The minimum Gasteiger partial charge on any atom is -0.394 e. The summed E-state index contributed by atoms with van der Waals surface area (Å²) in [6, 6.07) is 12.9. The van der Waals surface area contributed by atoms with Crippen LogP contribution in [0, 0.1) is 0 Å². The van der Waals surface area contributed by atoms with Gasteiger partial charge in [-0.3, -0.25) is 0 Å². The van der Waals surface area contributed by atoms with Crippen LogP contribution in [0.2, 0.25) is 0 Å². The molecule has 2 heterocycles. The summed E-state index contributed by atoms with van der Waals surface area (Å²) >= 11 is 0. The lowest BCUT2D eigenvalue weighted by molar-refractivity contribution is 0.252. The zero-order chi connectivity index (χ0) is 14.7. The fraction of sp³-hybridized carbons (Fsp3) is 0.188. The standard InChI is InChI=1S/C16H16FN3O/c17-9-14(11-21)18-13-6-4-12(5-7-13)15-10-20-8-2-1-3-16(20)19-15/h1-8,10,14,18,21H,9,11H2. The lowest BCUT2D eigenvalue weighted by atomic mass is 10.1. The Labute approximate surface area is 121 Å². The summed E-state index contributed by atoms with van der Waals surface area (Å²) < 4.78 is 14.5. The van der Waals surface area contributed by atoms with E-state index in [4.69, 9.17) is 5.11 Å². The average molecular weight is 285 g/mol. The number of alkyl halides is 1. The Morgan fingerprint density at radius 1 is 1.19 bits per heavy atom. The lowest BCUT2D eigenvalue weighted by Crippen LogP contribution is -2.25. The summed E-state index contributed by atoms with van der Waals surface area (Å²) in [5.41, 5.74) is 3.55. The van der Waals surface area contributed by atoms with E-state index in [2.05, 4.69) is 10.3 Å². The third-order valence-electron chi connectivity index (χ3n) is 3.32. The highest BCUT2D eigenvalue weighted by Gasteiger charge is 2.07. The highest BCUT2D eigenvalue weighted by atomic mass is 19.1. The van der Waals surface area contributed by atoms with E-state index in [1.165, 1.54) is 0 Å². The van der Waals surface area contributed by atoms with Gasteiger partial charge < -0.3 is 14.8 Å². The SMILES string of the molecule is OCC(CF)Nc1ccc(-c2cn3ccccc3n2)cc1. The number of halogens is 1. The minimum atomic E-state index is -0.606. The molecule has 0 amide bonds. The number of hydrogen-bond donors (Lipinski definition) is 2. The molecule has 3 rings (SSSR count). The molecule has 0 spiro atoms. The second kappa shape index (κ2) is 5.93. The molecule has 0 aliphatic carbocycles. The molecular weight excluding hydrogens is 269 g/mol. The van der Waals surface area contributed by atoms with Crippen LogP contribution in [-0.2, 0) is 0 Å². The van der Waals surface area contributed by atoms with E-state index in [0.29, 0.717) is 0 Å². The molecule has 2 N–H and O–H groups in total. The number of aromatic nitrogens is 2. The fourth-order valence-corrected chi connectivity index (χ4v) is 2.18. The maximum atomic E-state index is 12.6. The maximum Gasteiger partial charge on any atom is 0.137 e. The molecule has 0 saturated heterocycles. The van der Waals surface area contributed by atoms with Gasteiger partial charge in [0.05, 0.1) is 18.3 Å². The van der Waals surface area contributed by atoms with Crippen LogP contribution in [0.15, 0.2) is 54.9 Å². The summed E-state index contributed by atoms with van der Waals surface area (Å²) in [4.78, 5) is 4.55. The summed E-state index contributed by atoms with van der Waals surface area (Å²) in [5, 5.41) is 11.9. The zero-order valence-corrected chi connectivity index (χ0v) is 11.4. The monoisotopic (exact) mass is 285 g/mol. The van der Waals surface area contributed by atoms with Crippen LogP contribution < -0.4 is 5.32 Å². The van der Waals surface area contributed by atoms with Gasteiger partial charge >= 0.3 is 0 Å². The van der Waals surface area contributed by atoms with Crippen molar-refractivity contribution in [3.05, 3.63) is 54.9 Å². The normalized spacial score (nSPS) is 12.5. The van der Waals surface area contributed by atoms with Crippen molar-refractivity contribution in [2.45, 2.75) is 6.04 Å². The van der Waals surface area contributed by atoms with Crippen molar-refractivity contribution in [2.75, 3.05) is 18.6 Å². The first kappa shape index (κ1) is 13.6.